The zero-order valence-electron chi connectivity index (χ0n) is 11.9. The van der Waals surface area contributed by atoms with Crippen LogP contribution in [0.1, 0.15) is 30.5 Å². The maximum Gasteiger partial charge on any atom is 0.161 e. The molecule has 0 fully saturated rings. The SMILES string of the molecule is CCCNC(Cc1ccccc1)c1cc(F)c(F)cc1F. The van der Waals surface area contributed by atoms with Crippen molar-refractivity contribution in [2.24, 2.45) is 0 Å². The highest BCUT2D eigenvalue weighted by Crippen LogP contribution is 2.24. The van der Waals surface area contributed by atoms with Crippen LogP contribution >= 0.6 is 0 Å². The summed E-state index contributed by atoms with van der Waals surface area (Å²) in [7, 11) is 0. The molecule has 0 saturated carbocycles. The van der Waals surface area contributed by atoms with E-state index in [0.717, 1.165) is 18.1 Å². The molecule has 0 saturated heterocycles. The lowest BCUT2D eigenvalue weighted by Crippen LogP contribution is -2.25. The highest BCUT2D eigenvalue weighted by atomic mass is 19.2. The maximum atomic E-state index is 14.0. The molecular weight excluding hydrogens is 275 g/mol. The van der Waals surface area contributed by atoms with E-state index in [1.165, 1.54) is 0 Å². The lowest BCUT2D eigenvalue weighted by atomic mass is 9.98. The van der Waals surface area contributed by atoms with Gasteiger partial charge in [-0.05, 0) is 31.0 Å². The Balaban J connectivity index is 2.29. The number of hydrogen-bond acceptors (Lipinski definition) is 1. The van der Waals surface area contributed by atoms with Gasteiger partial charge >= 0.3 is 0 Å². The van der Waals surface area contributed by atoms with Gasteiger partial charge in [-0.25, -0.2) is 13.2 Å². The molecule has 0 amide bonds. The van der Waals surface area contributed by atoms with Crippen LogP contribution in [0.25, 0.3) is 0 Å². The minimum Gasteiger partial charge on any atom is -0.310 e. The Labute approximate surface area is 122 Å². The van der Waals surface area contributed by atoms with Crippen LogP contribution in [-0.4, -0.2) is 6.54 Å². The molecule has 4 heteroatoms. The van der Waals surface area contributed by atoms with Gasteiger partial charge in [-0.1, -0.05) is 37.3 Å². The third kappa shape index (κ3) is 4.08. The molecule has 0 spiro atoms. The Morgan fingerprint density at radius 2 is 1.62 bits per heavy atom. The van der Waals surface area contributed by atoms with Crippen molar-refractivity contribution >= 4 is 0 Å². The summed E-state index contributed by atoms with van der Waals surface area (Å²) in [6, 6.07) is 10.7. The molecule has 0 heterocycles. The van der Waals surface area contributed by atoms with E-state index in [2.05, 4.69) is 5.32 Å². The molecule has 0 radical (unpaired) electrons. The fourth-order valence-corrected chi connectivity index (χ4v) is 2.27. The summed E-state index contributed by atoms with van der Waals surface area (Å²) in [6.07, 6.45) is 1.39. The minimum atomic E-state index is -1.16. The lowest BCUT2D eigenvalue weighted by molar-refractivity contribution is 0.463. The third-order valence-corrected chi connectivity index (χ3v) is 3.34. The van der Waals surface area contributed by atoms with Crippen molar-refractivity contribution in [3.63, 3.8) is 0 Å². The predicted octanol–water partition coefficient (Wildman–Crippen LogP) is 4.39. The van der Waals surface area contributed by atoms with Crippen molar-refractivity contribution in [2.45, 2.75) is 25.8 Å². The van der Waals surface area contributed by atoms with Crippen LogP contribution in [0.4, 0.5) is 13.2 Å². The first-order valence-corrected chi connectivity index (χ1v) is 7.03. The molecule has 0 bridgehead atoms. The fourth-order valence-electron chi connectivity index (χ4n) is 2.27. The highest BCUT2D eigenvalue weighted by Gasteiger charge is 2.18. The monoisotopic (exact) mass is 293 g/mol. The van der Waals surface area contributed by atoms with E-state index in [0.29, 0.717) is 19.0 Å². The van der Waals surface area contributed by atoms with Crippen LogP contribution in [0, 0.1) is 17.5 Å². The van der Waals surface area contributed by atoms with Crippen LogP contribution in [0.5, 0.6) is 0 Å². The largest absolute Gasteiger partial charge is 0.310 e. The van der Waals surface area contributed by atoms with Gasteiger partial charge in [-0.2, -0.15) is 0 Å². The normalized spacial score (nSPS) is 12.4. The Morgan fingerprint density at radius 3 is 2.29 bits per heavy atom. The van der Waals surface area contributed by atoms with Gasteiger partial charge in [0.1, 0.15) is 5.82 Å². The molecule has 0 aliphatic heterocycles. The average molecular weight is 293 g/mol. The van der Waals surface area contributed by atoms with Crippen molar-refractivity contribution in [1.82, 2.24) is 5.32 Å². The van der Waals surface area contributed by atoms with Crippen molar-refractivity contribution in [3.05, 3.63) is 71.0 Å². The standard InChI is InChI=1S/C17H18F3N/c1-2-8-21-17(9-12-6-4-3-5-7-12)13-10-15(19)16(20)11-14(13)18/h3-7,10-11,17,21H,2,8-9H2,1H3. The maximum absolute atomic E-state index is 14.0. The molecule has 1 unspecified atom stereocenters. The third-order valence-electron chi connectivity index (χ3n) is 3.34. The molecule has 1 N–H and O–H groups in total. The minimum absolute atomic E-state index is 0.159. The molecule has 1 nitrogen and oxygen atoms in total. The number of halogens is 3. The second-order valence-corrected chi connectivity index (χ2v) is 4.98. The lowest BCUT2D eigenvalue weighted by Gasteiger charge is -2.20. The van der Waals surface area contributed by atoms with E-state index >= 15 is 0 Å². The Kier molecular flexibility index (Phi) is 5.39. The van der Waals surface area contributed by atoms with E-state index in [4.69, 9.17) is 0 Å². The summed E-state index contributed by atoms with van der Waals surface area (Å²) in [5.41, 5.74) is 1.17. The summed E-state index contributed by atoms with van der Waals surface area (Å²) in [6.45, 7) is 2.67. The second-order valence-electron chi connectivity index (χ2n) is 4.98. The molecule has 21 heavy (non-hydrogen) atoms. The van der Waals surface area contributed by atoms with Gasteiger partial charge in [-0.3, -0.25) is 0 Å². The summed E-state index contributed by atoms with van der Waals surface area (Å²) in [4.78, 5) is 0. The Hall–Kier alpha value is -1.81. The van der Waals surface area contributed by atoms with Crippen LogP contribution in [-0.2, 0) is 6.42 Å². The molecule has 2 aromatic carbocycles. The van der Waals surface area contributed by atoms with E-state index in [9.17, 15) is 13.2 Å². The number of benzene rings is 2. The van der Waals surface area contributed by atoms with Gasteiger partial charge in [0.15, 0.2) is 11.6 Å². The quantitative estimate of drug-likeness (QED) is 0.779. The number of hydrogen-bond donors (Lipinski definition) is 1. The molecule has 2 rings (SSSR count). The van der Waals surface area contributed by atoms with Gasteiger partial charge in [0.2, 0.25) is 0 Å². The van der Waals surface area contributed by atoms with Gasteiger partial charge in [-0.15, -0.1) is 0 Å². The summed E-state index contributed by atoms with van der Waals surface area (Å²) in [5, 5.41) is 3.19. The Morgan fingerprint density at radius 1 is 0.952 bits per heavy atom. The van der Waals surface area contributed by atoms with Crippen molar-refractivity contribution < 1.29 is 13.2 Å². The smallest absolute Gasteiger partial charge is 0.161 e. The summed E-state index contributed by atoms with van der Waals surface area (Å²) >= 11 is 0. The Bertz CT molecular complexity index is 584. The fraction of sp³-hybridized carbons (Fsp3) is 0.294. The van der Waals surface area contributed by atoms with E-state index in [1.807, 2.05) is 37.3 Å². The highest BCUT2D eigenvalue weighted by molar-refractivity contribution is 5.26. The van der Waals surface area contributed by atoms with Gasteiger partial charge < -0.3 is 5.32 Å². The average Bonchev–Trinajstić information content (AvgIpc) is 2.48. The van der Waals surface area contributed by atoms with Crippen LogP contribution < -0.4 is 5.32 Å². The second kappa shape index (κ2) is 7.27. The van der Waals surface area contributed by atoms with Gasteiger partial charge in [0.25, 0.3) is 0 Å². The van der Waals surface area contributed by atoms with E-state index < -0.39 is 17.5 Å². The van der Waals surface area contributed by atoms with Crippen molar-refractivity contribution in [3.8, 4) is 0 Å². The molecule has 0 aliphatic rings. The van der Waals surface area contributed by atoms with Gasteiger partial charge in [0, 0.05) is 17.7 Å². The molecular formula is C17H18F3N. The van der Waals surface area contributed by atoms with E-state index in [-0.39, 0.29) is 11.6 Å². The van der Waals surface area contributed by atoms with Crippen LogP contribution in [0.15, 0.2) is 42.5 Å². The predicted molar refractivity (Wildman–Crippen MR) is 77.5 cm³/mol. The van der Waals surface area contributed by atoms with Gasteiger partial charge in [0.05, 0.1) is 0 Å². The summed E-state index contributed by atoms with van der Waals surface area (Å²) in [5.74, 6) is -2.91. The number of rotatable bonds is 6. The van der Waals surface area contributed by atoms with Crippen LogP contribution in [0.2, 0.25) is 0 Å². The zero-order chi connectivity index (χ0) is 15.2. The van der Waals surface area contributed by atoms with Crippen molar-refractivity contribution in [1.29, 1.82) is 0 Å². The molecule has 112 valence electrons. The summed E-state index contributed by atoms with van der Waals surface area (Å²) < 4.78 is 40.4. The number of nitrogens with one attached hydrogen (secondary N) is 1. The molecule has 2 aromatic rings. The van der Waals surface area contributed by atoms with E-state index in [1.54, 1.807) is 0 Å². The zero-order valence-corrected chi connectivity index (χ0v) is 11.9. The van der Waals surface area contributed by atoms with Crippen LogP contribution in [0.3, 0.4) is 0 Å². The topological polar surface area (TPSA) is 12.0 Å². The first-order valence-electron chi connectivity index (χ1n) is 7.03. The molecule has 1 atom stereocenters. The van der Waals surface area contributed by atoms with Crippen molar-refractivity contribution in [2.75, 3.05) is 6.54 Å². The first-order chi connectivity index (χ1) is 10.1. The molecule has 0 aromatic heterocycles. The first kappa shape index (κ1) is 15.6. The molecule has 0 aliphatic carbocycles.